The van der Waals surface area contributed by atoms with Gasteiger partial charge in [0.05, 0.1) is 18.3 Å². The van der Waals surface area contributed by atoms with Crippen LogP contribution in [0.2, 0.25) is 0 Å². The van der Waals surface area contributed by atoms with Crippen LogP contribution in [0.5, 0.6) is 5.75 Å². The molecule has 0 bridgehead atoms. The van der Waals surface area contributed by atoms with Crippen LogP contribution in [0.25, 0.3) is 22.0 Å². The number of benzene rings is 2. The molecule has 4 rings (SSSR count). The zero-order valence-corrected chi connectivity index (χ0v) is 21.8. The lowest BCUT2D eigenvalue weighted by atomic mass is 9.96. The lowest BCUT2D eigenvalue weighted by Gasteiger charge is -2.34. The van der Waals surface area contributed by atoms with Crippen LogP contribution < -0.4 is 5.56 Å². The number of aromatic amines is 1. The first-order valence-corrected chi connectivity index (χ1v) is 13.0. The number of carbonyl (C=O) groups excluding carboxylic acids is 1. The van der Waals surface area contributed by atoms with Crippen LogP contribution in [0, 0.1) is 0 Å². The van der Waals surface area contributed by atoms with E-state index in [1.165, 1.54) is 6.33 Å². The van der Waals surface area contributed by atoms with E-state index in [-0.39, 0.29) is 29.5 Å². The smallest absolute Gasteiger partial charge is 0.410 e. The highest BCUT2D eigenvalue weighted by atomic mass is 127. The molecule has 35 heavy (non-hydrogen) atoms. The number of amides is 1. The molecule has 1 aromatic heterocycles. The van der Waals surface area contributed by atoms with E-state index in [4.69, 9.17) is 9.47 Å². The van der Waals surface area contributed by atoms with Crippen molar-refractivity contribution in [2.45, 2.75) is 19.6 Å². The van der Waals surface area contributed by atoms with Gasteiger partial charge in [-0.05, 0) is 53.4 Å². The number of halogens is 1. The van der Waals surface area contributed by atoms with E-state index in [9.17, 15) is 14.7 Å². The summed E-state index contributed by atoms with van der Waals surface area (Å²) in [6, 6.07) is 8.97. The number of methoxy groups -OCH3 is 1. The standard InChI is InChI=1S/C25H29IN4O5/c1-34-15-19-11-17(14-35-25(33)30-9-7-29(8-10-30)6-2-5-26)3-4-20(19)18-12-21-23(22(31)13-18)27-16-28-24(21)32/h3-4,11-13,16,31H,2,5-10,14-15H2,1H3,(H,27,28,32). The zero-order valence-electron chi connectivity index (χ0n) is 19.6. The third-order valence-corrected chi connectivity index (χ3v) is 6.87. The summed E-state index contributed by atoms with van der Waals surface area (Å²) in [7, 11) is 1.60. The lowest BCUT2D eigenvalue weighted by molar-refractivity contribution is 0.0718. The molecule has 0 saturated carbocycles. The monoisotopic (exact) mass is 592 g/mol. The SMILES string of the molecule is COCc1cc(COC(=O)N2CCN(CCCI)CC2)ccc1-c1cc(O)c2nc[nH]c(=O)c2c1. The summed E-state index contributed by atoms with van der Waals surface area (Å²) in [6.07, 6.45) is 2.13. The first-order valence-electron chi connectivity index (χ1n) is 11.5. The van der Waals surface area contributed by atoms with Gasteiger partial charge in [-0.25, -0.2) is 9.78 Å². The Kier molecular flexibility index (Phi) is 8.58. The maximum atomic E-state index is 12.6. The summed E-state index contributed by atoms with van der Waals surface area (Å²) in [5.74, 6) is -0.0700. The Bertz CT molecular complexity index is 1240. The largest absolute Gasteiger partial charge is 0.506 e. The van der Waals surface area contributed by atoms with Gasteiger partial charge in [0.15, 0.2) is 0 Å². The number of phenolic OH excluding ortho intramolecular Hbond substituents is 1. The van der Waals surface area contributed by atoms with Crippen LogP contribution in [0.15, 0.2) is 41.5 Å². The van der Waals surface area contributed by atoms with Gasteiger partial charge in [0, 0.05) is 37.7 Å². The Morgan fingerprint density at radius 3 is 2.71 bits per heavy atom. The fraction of sp³-hybridized carbons (Fsp3) is 0.400. The minimum absolute atomic E-state index is 0.0700. The van der Waals surface area contributed by atoms with Crippen molar-refractivity contribution in [1.29, 1.82) is 0 Å². The van der Waals surface area contributed by atoms with Gasteiger partial charge >= 0.3 is 6.09 Å². The molecule has 10 heteroatoms. The number of nitrogens with one attached hydrogen (secondary N) is 1. The van der Waals surface area contributed by atoms with Crippen LogP contribution in [0.1, 0.15) is 17.5 Å². The second kappa shape index (κ2) is 11.8. The number of ether oxygens (including phenoxy) is 2. The number of hydrogen-bond donors (Lipinski definition) is 2. The summed E-state index contributed by atoms with van der Waals surface area (Å²) in [4.78, 5) is 35.6. The van der Waals surface area contributed by atoms with E-state index in [2.05, 4.69) is 37.5 Å². The second-order valence-corrected chi connectivity index (χ2v) is 9.55. The molecular formula is C25H29IN4O5. The highest BCUT2D eigenvalue weighted by Gasteiger charge is 2.22. The maximum Gasteiger partial charge on any atom is 0.410 e. The molecule has 3 aromatic rings. The van der Waals surface area contributed by atoms with Gasteiger partial charge in [-0.1, -0.05) is 34.7 Å². The molecule has 0 unspecified atom stereocenters. The van der Waals surface area contributed by atoms with Gasteiger partial charge in [0.1, 0.15) is 17.9 Å². The van der Waals surface area contributed by atoms with Crippen LogP contribution in [0.4, 0.5) is 4.79 Å². The van der Waals surface area contributed by atoms with Crippen molar-refractivity contribution in [2.24, 2.45) is 0 Å². The highest BCUT2D eigenvalue weighted by Crippen LogP contribution is 2.32. The number of alkyl halides is 1. The summed E-state index contributed by atoms with van der Waals surface area (Å²) in [6.45, 7) is 4.63. The molecule has 1 fully saturated rings. The molecule has 2 heterocycles. The van der Waals surface area contributed by atoms with Crippen molar-refractivity contribution >= 4 is 39.6 Å². The van der Waals surface area contributed by atoms with E-state index in [1.54, 1.807) is 24.1 Å². The number of fused-ring (bicyclic) bond motifs is 1. The van der Waals surface area contributed by atoms with Crippen molar-refractivity contribution in [3.05, 3.63) is 58.1 Å². The topological polar surface area (TPSA) is 108 Å². The van der Waals surface area contributed by atoms with E-state index in [1.807, 2.05) is 18.2 Å². The number of aromatic nitrogens is 2. The number of piperazine rings is 1. The first-order chi connectivity index (χ1) is 17.0. The van der Waals surface area contributed by atoms with Crippen LogP contribution in [-0.4, -0.2) is 75.2 Å². The van der Waals surface area contributed by atoms with Crippen molar-refractivity contribution in [2.75, 3.05) is 44.3 Å². The van der Waals surface area contributed by atoms with Gasteiger partial charge in [0.25, 0.3) is 5.56 Å². The van der Waals surface area contributed by atoms with E-state index in [0.29, 0.717) is 30.6 Å². The van der Waals surface area contributed by atoms with E-state index < -0.39 is 0 Å². The number of phenols is 1. The molecule has 0 spiro atoms. The Balaban J connectivity index is 1.47. The number of hydrogen-bond acceptors (Lipinski definition) is 7. The number of rotatable bonds is 8. The quantitative estimate of drug-likeness (QED) is 0.305. The fourth-order valence-electron chi connectivity index (χ4n) is 4.28. The average molecular weight is 592 g/mol. The summed E-state index contributed by atoms with van der Waals surface area (Å²) < 4.78 is 12.1. The number of carbonyl (C=O) groups is 1. The van der Waals surface area contributed by atoms with Gasteiger partial charge in [-0.2, -0.15) is 0 Å². The molecule has 0 atom stereocenters. The van der Waals surface area contributed by atoms with E-state index >= 15 is 0 Å². The van der Waals surface area contributed by atoms with Crippen LogP contribution in [-0.2, 0) is 22.7 Å². The first kappa shape index (κ1) is 25.4. The van der Waals surface area contributed by atoms with Crippen molar-refractivity contribution in [1.82, 2.24) is 19.8 Å². The molecule has 1 aliphatic heterocycles. The lowest BCUT2D eigenvalue weighted by Crippen LogP contribution is -2.49. The summed E-state index contributed by atoms with van der Waals surface area (Å²) >= 11 is 2.39. The third kappa shape index (κ3) is 6.11. The van der Waals surface area contributed by atoms with Gasteiger partial charge in [0.2, 0.25) is 0 Å². The highest BCUT2D eigenvalue weighted by molar-refractivity contribution is 14.1. The predicted molar refractivity (Wildman–Crippen MR) is 142 cm³/mol. The minimum Gasteiger partial charge on any atom is -0.506 e. The van der Waals surface area contributed by atoms with E-state index in [0.717, 1.165) is 47.2 Å². The predicted octanol–water partition coefficient (Wildman–Crippen LogP) is 3.52. The zero-order chi connectivity index (χ0) is 24.8. The second-order valence-electron chi connectivity index (χ2n) is 8.47. The average Bonchev–Trinajstić information content (AvgIpc) is 2.87. The molecule has 0 radical (unpaired) electrons. The number of H-pyrrole nitrogens is 1. The van der Waals surface area contributed by atoms with Crippen LogP contribution >= 0.6 is 22.6 Å². The molecular weight excluding hydrogens is 563 g/mol. The summed E-state index contributed by atoms with van der Waals surface area (Å²) in [5.41, 5.74) is 3.09. The number of nitrogens with zero attached hydrogens (tertiary/aromatic N) is 3. The maximum absolute atomic E-state index is 12.6. The molecule has 2 aromatic carbocycles. The molecule has 186 valence electrons. The molecule has 9 nitrogen and oxygen atoms in total. The minimum atomic E-state index is -0.324. The molecule has 2 N–H and O–H groups in total. The van der Waals surface area contributed by atoms with Crippen LogP contribution in [0.3, 0.4) is 0 Å². The Labute approximate surface area is 217 Å². The molecule has 1 aliphatic rings. The number of aromatic hydroxyl groups is 1. The normalized spacial score (nSPS) is 14.4. The molecule has 0 aliphatic carbocycles. The summed E-state index contributed by atoms with van der Waals surface area (Å²) in [5, 5.41) is 10.7. The Morgan fingerprint density at radius 2 is 1.97 bits per heavy atom. The van der Waals surface area contributed by atoms with Gasteiger partial charge in [-0.3, -0.25) is 9.69 Å². The van der Waals surface area contributed by atoms with Gasteiger partial charge in [-0.15, -0.1) is 0 Å². The van der Waals surface area contributed by atoms with Crippen molar-refractivity contribution < 1.29 is 19.4 Å². The van der Waals surface area contributed by atoms with Gasteiger partial charge < -0.3 is 24.5 Å². The third-order valence-electron chi connectivity index (χ3n) is 6.10. The molecule has 1 amide bonds. The Hall–Kier alpha value is -2.70. The van der Waals surface area contributed by atoms with Crippen molar-refractivity contribution in [3.8, 4) is 16.9 Å². The molecule has 1 saturated heterocycles. The Morgan fingerprint density at radius 1 is 1.17 bits per heavy atom. The fourth-order valence-corrected chi connectivity index (χ4v) is 4.62. The van der Waals surface area contributed by atoms with Crippen molar-refractivity contribution in [3.63, 3.8) is 0 Å².